The second-order valence-electron chi connectivity index (χ2n) is 15.9. The van der Waals surface area contributed by atoms with Crippen LogP contribution in [-0.4, -0.2) is 23.1 Å². The lowest BCUT2D eigenvalue weighted by molar-refractivity contribution is -0.213. The molecule has 37 heavy (non-hydrogen) atoms. The third-order valence-electron chi connectivity index (χ3n) is 13.6. The summed E-state index contributed by atoms with van der Waals surface area (Å²) >= 11 is 0. The summed E-state index contributed by atoms with van der Waals surface area (Å²) in [6.45, 7) is 18.9. The number of rotatable bonds is 3. The Bertz CT molecular complexity index is 1010. The van der Waals surface area contributed by atoms with Crippen molar-refractivity contribution in [2.75, 3.05) is 0 Å². The fraction of sp³-hybridized carbons (Fsp3) is 0.879. The van der Waals surface area contributed by atoms with E-state index >= 15 is 0 Å². The Labute approximate surface area is 225 Å². The van der Waals surface area contributed by atoms with Gasteiger partial charge in [0.05, 0.1) is 5.41 Å². The molecule has 0 saturated heterocycles. The zero-order chi connectivity index (χ0) is 27.2. The van der Waals surface area contributed by atoms with Crippen molar-refractivity contribution in [1.29, 1.82) is 0 Å². The number of carbonyl (C=O) groups is 2. The number of hydrogen-bond acceptors (Lipinski definition) is 3. The first-order valence-electron chi connectivity index (χ1n) is 15.2. The minimum atomic E-state index is -0.575. The molecule has 208 valence electrons. The van der Waals surface area contributed by atoms with Crippen molar-refractivity contribution in [1.82, 2.24) is 0 Å². The van der Waals surface area contributed by atoms with Crippen LogP contribution in [0, 0.1) is 50.2 Å². The predicted octanol–water partition coefficient (Wildman–Crippen LogP) is 8.19. The zero-order valence-electron chi connectivity index (χ0n) is 24.8. The number of esters is 1. The van der Waals surface area contributed by atoms with Crippen LogP contribution in [0.3, 0.4) is 0 Å². The summed E-state index contributed by atoms with van der Waals surface area (Å²) in [5.41, 5.74) is 1.50. The number of ether oxygens (including phenoxy) is 1. The van der Waals surface area contributed by atoms with E-state index in [0.717, 1.165) is 51.4 Å². The number of hydrogen-bond donors (Lipinski definition) is 1. The van der Waals surface area contributed by atoms with E-state index in [-0.39, 0.29) is 45.1 Å². The summed E-state index contributed by atoms with van der Waals surface area (Å²) in [5, 5.41) is 10.6. The highest BCUT2D eigenvalue weighted by Crippen LogP contribution is 2.75. The Morgan fingerprint density at radius 2 is 1.59 bits per heavy atom. The first-order chi connectivity index (χ1) is 17.1. The van der Waals surface area contributed by atoms with E-state index in [1.54, 1.807) is 0 Å². The van der Waals surface area contributed by atoms with Gasteiger partial charge in [-0.05, 0) is 104 Å². The number of carbonyl (C=O) groups excluding carboxylic acids is 1. The quantitative estimate of drug-likeness (QED) is 0.306. The monoisotopic (exact) mass is 512 g/mol. The molecule has 4 heteroatoms. The SMILES string of the molecule is CCC(=O)OC1CCC2(C)C(CCC3(C)C2CC=C2C4CC(C)(C)CCC4(C(=O)O)CCC23C)C1(C)C. The highest BCUT2D eigenvalue weighted by molar-refractivity contribution is 5.76. The fourth-order valence-electron chi connectivity index (χ4n) is 11.1. The second kappa shape index (κ2) is 8.34. The van der Waals surface area contributed by atoms with Crippen molar-refractivity contribution in [3.05, 3.63) is 11.6 Å². The molecule has 8 unspecified atom stereocenters. The van der Waals surface area contributed by atoms with Crippen LogP contribution in [0.15, 0.2) is 11.6 Å². The molecule has 0 amide bonds. The van der Waals surface area contributed by atoms with E-state index in [2.05, 4.69) is 54.5 Å². The molecular weight excluding hydrogens is 460 g/mol. The normalized spacial score (nSPS) is 47.8. The summed E-state index contributed by atoms with van der Waals surface area (Å²) in [6.07, 6.45) is 13.1. The van der Waals surface area contributed by atoms with Crippen LogP contribution < -0.4 is 0 Å². The van der Waals surface area contributed by atoms with Crippen molar-refractivity contribution < 1.29 is 19.4 Å². The highest BCUT2D eigenvalue weighted by atomic mass is 16.5. The third-order valence-corrected chi connectivity index (χ3v) is 13.6. The van der Waals surface area contributed by atoms with E-state index in [0.29, 0.717) is 18.3 Å². The molecule has 0 aromatic heterocycles. The van der Waals surface area contributed by atoms with Crippen LogP contribution in [0.5, 0.6) is 0 Å². The Kier molecular flexibility index (Phi) is 6.14. The van der Waals surface area contributed by atoms with Gasteiger partial charge in [0.15, 0.2) is 0 Å². The first kappa shape index (κ1) is 27.3. The second-order valence-corrected chi connectivity index (χ2v) is 15.9. The van der Waals surface area contributed by atoms with Gasteiger partial charge in [0.2, 0.25) is 0 Å². The van der Waals surface area contributed by atoms with Gasteiger partial charge in [-0.1, -0.05) is 67.0 Å². The van der Waals surface area contributed by atoms with Gasteiger partial charge in [0, 0.05) is 11.8 Å². The van der Waals surface area contributed by atoms with Gasteiger partial charge < -0.3 is 9.84 Å². The van der Waals surface area contributed by atoms with Crippen molar-refractivity contribution >= 4 is 11.9 Å². The Morgan fingerprint density at radius 3 is 2.24 bits per heavy atom. The maximum absolute atomic E-state index is 12.8. The molecule has 8 atom stereocenters. The summed E-state index contributed by atoms with van der Waals surface area (Å²) in [7, 11) is 0. The van der Waals surface area contributed by atoms with Crippen molar-refractivity contribution in [3.63, 3.8) is 0 Å². The molecule has 0 heterocycles. The summed E-state index contributed by atoms with van der Waals surface area (Å²) in [4.78, 5) is 25.1. The largest absolute Gasteiger partial charge is 0.481 e. The number of carboxylic acid groups (broad SMARTS) is 1. The lowest BCUT2D eigenvalue weighted by atomic mass is 9.33. The lowest BCUT2D eigenvalue weighted by Gasteiger charge is -2.71. The molecule has 5 aliphatic rings. The van der Waals surface area contributed by atoms with Gasteiger partial charge in [-0.25, -0.2) is 0 Å². The lowest BCUT2D eigenvalue weighted by Crippen LogP contribution is -2.65. The van der Waals surface area contributed by atoms with Gasteiger partial charge in [0.25, 0.3) is 0 Å². The van der Waals surface area contributed by atoms with E-state index in [4.69, 9.17) is 4.74 Å². The van der Waals surface area contributed by atoms with Crippen LogP contribution in [-0.2, 0) is 14.3 Å². The minimum Gasteiger partial charge on any atom is -0.481 e. The van der Waals surface area contributed by atoms with Gasteiger partial charge in [-0.2, -0.15) is 0 Å². The molecule has 5 aliphatic carbocycles. The van der Waals surface area contributed by atoms with Crippen LogP contribution in [0.2, 0.25) is 0 Å². The third kappa shape index (κ3) is 3.58. The first-order valence-corrected chi connectivity index (χ1v) is 15.2. The average Bonchev–Trinajstić information content (AvgIpc) is 2.80. The molecular formula is C33H52O4. The van der Waals surface area contributed by atoms with E-state index in [1.165, 1.54) is 18.4 Å². The molecule has 0 aromatic rings. The number of aliphatic carboxylic acids is 1. The van der Waals surface area contributed by atoms with Crippen LogP contribution >= 0.6 is 0 Å². The minimum absolute atomic E-state index is 0.00277. The fourth-order valence-corrected chi connectivity index (χ4v) is 11.1. The molecule has 0 bridgehead atoms. The molecule has 0 radical (unpaired) electrons. The maximum Gasteiger partial charge on any atom is 0.310 e. The van der Waals surface area contributed by atoms with Crippen molar-refractivity contribution in [3.8, 4) is 0 Å². The molecule has 4 nitrogen and oxygen atoms in total. The summed E-state index contributed by atoms with van der Waals surface area (Å²) in [6, 6.07) is 0. The van der Waals surface area contributed by atoms with Gasteiger partial charge in [-0.3, -0.25) is 9.59 Å². The molecule has 1 N–H and O–H groups in total. The average molecular weight is 513 g/mol. The molecule has 4 fully saturated rings. The predicted molar refractivity (Wildman–Crippen MR) is 147 cm³/mol. The summed E-state index contributed by atoms with van der Waals surface area (Å²) in [5.74, 6) is 0.635. The van der Waals surface area contributed by atoms with Crippen LogP contribution in [0.4, 0.5) is 0 Å². The highest BCUT2D eigenvalue weighted by Gasteiger charge is 2.69. The van der Waals surface area contributed by atoms with Gasteiger partial charge in [-0.15, -0.1) is 0 Å². The zero-order valence-corrected chi connectivity index (χ0v) is 24.8. The van der Waals surface area contributed by atoms with Crippen molar-refractivity contribution in [2.45, 2.75) is 132 Å². The maximum atomic E-state index is 12.8. The van der Waals surface area contributed by atoms with Crippen LogP contribution in [0.1, 0.15) is 126 Å². The topological polar surface area (TPSA) is 63.6 Å². The standard InChI is InChI=1S/C33H52O4/c1-9-26(34)37-25-13-14-30(6)23(29(25,4)5)12-15-32(8)24(30)11-10-21-22-20-28(2,3)16-18-33(22,27(35)36)19-17-31(21,32)7/h10,22-25H,9,11-20H2,1-8H3,(H,35,36). The molecule has 0 spiro atoms. The van der Waals surface area contributed by atoms with Crippen LogP contribution in [0.25, 0.3) is 0 Å². The number of fused-ring (bicyclic) bond motifs is 7. The van der Waals surface area contributed by atoms with Crippen molar-refractivity contribution in [2.24, 2.45) is 50.2 Å². The van der Waals surface area contributed by atoms with E-state index in [1.807, 2.05) is 6.92 Å². The number of allylic oxidation sites excluding steroid dienone is 2. The van der Waals surface area contributed by atoms with Gasteiger partial charge in [0.1, 0.15) is 6.10 Å². The molecule has 0 aromatic carbocycles. The molecule has 4 saturated carbocycles. The molecule has 5 rings (SSSR count). The Balaban J connectivity index is 1.53. The number of carboxylic acids is 1. The Hall–Kier alpha value is -1.32. The smallest absolute Gasteiger partial charge is 0.310 e. The van der Waals surface area contributed by atoms with E-state index in [9.17, 15) is 14.7 Å². The summed E-state index contributed by atoms with van der Waals surface area (Å²) < 4.78 is 6.02. The van der Waals surface area contributed by atoms with Gasteiger partial charge >= 0.3 is 11.9 Å². The molecule has 0 aliphatic heterocycles. The Morgan fingerprint density at radius 1 is 0.919 bits per heavy atom. The van der Waals surface area contributed by atoms with E-state index < -0.39 is 11.4 Å².